The Morgan fingerprint density at radius 1 is 1.17 bits per heavy atom. The Labute approximate surface area is 165 Å². The van der Waals surface area contributed by atoms with E-state index in [1.807, 2.05) is 0 Å². The molecule has 1 aromatic heterocycles. The highest BCUT2D eigenvalue weighted by molar-refractivity contribution is 5.60. The lowest BCUT2D eigenvalue weighted by atomic mass is 10.1. The Morgan fingerprint density at radius 3 is 2.55 bits per heavy atom. The molecule has 3 aromatic rings. The minimum absolute atomic E-state index is 0.0613. The Kier molecular flexibility index (Phi) is 5.96. The molecule has 9 heteroatoms. The van der Waals surface area contributed by atoms with Crippen LogP contribution in [-0.4, -0.2) is 28.2 Å². The van der Waals surface area contributed by atoms with E-state index in [-0.39, 0.29) is 24.6 Å². The summed E-state index contributed by atoms with van der Waals surface area (Å²) in [7, 11) is 1.51. The van der Waals surface area contributed by atoms with Crippen LogP contribution in [0.5, 0.6) is 17.4 Å². The first-order valence-electron chi connectivity index (χ1n) is 8.55. The third-order valence-electron chi connectivity index (χ3n) is 4.17. The van der Waals surface area contributed by atoms with Crippen molar-refractivity contribution in [2.24, 2.45) is 0 Å². The summed E-state index contributed by atoms with van der Waals surface area (Å²) in [5, 5.41) is 12.8. The maximum atomic E-state index is 13.9. The van der Waals surface area contributed by atoms with Gasteiger partial charge in [0, 0.05) is 17.3 Å². The molecule has 29 heavy (non-hydrogen) atoms. The summed E-state index contributed by atoms with van der Waals surface area (Å²) in [4.78, 5) is 10.7. The highest BCUT2D eigenvalue weighted by Gasteiger charge is 2.14. The van der Waals surface area contributed by atoms with E-state index in [9.17, 15) is 13.6 Å². The number of carbonyl (C=O) groups is 1. The minimum atomic E-state index is -1.47. The summed E-state index contributed by atoms with van der Waals surface area (Å²) in [5.74, 6) is -0.522. The molecule has 2 aromatic carbocycles. The van der Waals surface area contributed by atoms with Gasteiger partial charge in [-0.15, -0.1) is 5.10 Å². The number of rotatable bonds is 7. The zero-order valence-electron chi connectivity index (χ0n) is 15.7. The summed E-state index contributed by atoms with van der Waals surface area (Å²) in [5.41, 5.74) is 1.09. The molecular weight excluding hydrogens is 386 g/mol. The van der Waals surface area contributed by atoms with Crippen LogP contribution >= 0.6 is 0 Å². The van der Waals surface area contributed by atoms with Crippen molar-refractivity contribution in [3.05, 3.63) is 70.9 Å². The lowest BCUT2D eigenvalue weighted by Crippen LogP contribution is -2.09. The molecule has 0 aliphatic heterocycles. The Hall–Kier alpha value is -3.62. The number of ether oxygens (including phenoxy) is 3. The van der Waals surface area contributed by atoms with Gasteiger partial charge in [-0.1, -0.05) is 6.07 Å². The fraction of sp³-hybridized carbons (Fsp3) is 0.200. The largest absolute Gasteiger partial charge is 0.512 e. The first-order chi connectivity index (χ1) is 13.9. The molecule has 0 atom stereocenters. The lowest BCUT2D eigenvalue weighted by molar-refractivity contribution is 0.142. The number of benzene rings is 2. The van der Waals surface area contributed by atoms with E-state index in [4.69, 9.17) is 14.6 Å². The van der Waals surface area contributed by atoms with Gasteiger partial charge in [-0.25, -0.2) is 13.6 Å². The molecule has 0 fully saturated rings. The number of methoxy groups -OCH3 is 1. The van der Waals surface area contributed by atoms with Gasteiger partial charge in [-0.05, 0) is 37.3 Å². The number of carboxylic acid groups (broad SMARTS) is 1. The smallest absolute Gasteiger partial charge is 0.497 e. The van der Waals surface area contributed by atoms with Crippen LogP contribution in [-0.2, 0) is 13.2 Å². The van der Waals surface area contributed by atoms with Crippen molar-refractivity contribution in [3.8, 4) is 17.4 Å². The number of nitrogens with zero attached hydrogens (tertiary/aromatic N) is 2. The first-order valence-corrected chi connectivity index (χ1v) is 8.55. The van der Waals surface area contributed by atoms with Crippen LogP contribution in [0.15, 0.2) is 42.5 Å². The third kappa shape index (κ3) is 4.81. The van der Waals surface area contributed by atoms with Crippen LogP contribution in [0.4, 0.5) is 13.6 Å². The topological polar surface area (TPSA) is 82.8 Å². The molecule has 0 spiro atoms. The minimum Gasteiger partial charge on any atom is -0.497 e. The van der Waals surface area contributed by atoms with Gasteiger partial charge in [-0.3, -0.25) is 4.68 Å². The van der Waals surface area contributed by atoms with Crippen LogP contribution in [0, 0.1) is 18.6 Å². The molecule has 0 amide bonds. The zero-order valence-corrected chi connectivity index (χ0v) is 15.7. The first kappa shape index (κ1) is 20.1. The van der Waals surface area contributed by atoms with Crippen molar-refractivity contribution >= 4 is 6.16 Å². The van der Waals surface area contributed by atoms with Gasteiger partial charge >= 0.3 is 6.16 Å². The summed E-state index contributed by atoms with van der Waals surface area (Å²) >= 11 is 0. The lowest BCUT2D eigenvalue weighted by Gasteiger charge is -2.14. The normalized spacial score (nSPS) is 10.6. The second-order valence-corrected chi connectivity index (χ2v) is 6.11. The predicted molar refractivity (Wildman–Crippen MR) is 98.4 cm³/mol. The summed E-state index contributed by atoms with van der Waals surface area (Å²) < 4.78 is 44.7. The van der Waals surface area contributed by atoms with Gasteiger partial charge in [0.15, 0.2) is 0 Å². The van der Waals surface area contributed by atoms with E-state index in [0.29, 0.717) is 22.8 Å². The van der Waals surface area contributed by atoms with E-state index < -0.39 is 17.8 Å². The van der Waals surface area contributed by atoms with Gasteiger partial charge in [0.05, 0.1) is 19.2 Å². The van der Waals surface area contributed by atoms with Gasteiger partial charge in [0.25, 0.3) is 0 Å². The number of halogens is 2. The van der Waals surface area contributed by atoms with Crippen LogP contribution in [0.2, 0.25) is 0 Å². The van der Waals surface area contributed by atoms with Crippen LogP contribution < -0.4 is 14.2 Å². The molecule has 1 N–H and O–H groups in total. The van der Waals surface area contributed by atoms with Crippen molar-refractivity contribution in [2.45, 2.75) is 20.1 Å². The second kappa shape index (κ2) is 8.59. The summed E-state index contributed by atoms with van der Waals surface area (Å²) in [6, 6.07) is 10.1. The highest BCUT2D eigenvalue weighted by atomic mass is 19.1. The van der Waals surface area contributed by atoms with Gasteiger partial charge < -0.3 is 19.3 Å². The van der Waals surface area contributed by atoms with Gasteiger partial charge in [0.2, 0.25) is 5.88 Å². The second-order valence-electron chi connectivity index (χ2n) is 6.11. The van der Waals surface area contributed by atoms with Crippen molar-refractivity contribution < 1.29 is 32.9 Å². The van der Waals surface area contributed by atoms with Crippen LogP contribution in [0.25, 0.3) is 0 Å². The highest BCUT2D eigenvalue weighted by Crippen LogP contribution is 2.27. The van der Waals surface area contributed by atoms with E-state index in [0.717, 1.165) is 12.1 Å². The van der Waals surface area contributed by atoms with Crippen molar-refractivity contribution in [3.63, 3.8) is 0 Å². The molecule has 0 radical (unpaired) electrons. The standard InChI is InChI=1S/C20H18F2N2O5/c1-12-8-19(29-20(25)26)23-24(12)10-13-9-14(27-2)6-7-18(13)28-11-15-16(21)4-3-5-17(15)22/h3-9H,10-11H2,1-2H3,(H,25,26). The zero-order chi connectivity index (χ0) is 21.0. The Bertz CT molecular complexity index is 1020. The fourth-order valence-corrected chi connectivity index (χ4v) is 2.71. The molecule has 0 aliphatic rings. The van der Waals surface area contributed by atoms with Crippen molar-refractivity contribution in [1.82, 2.24) is 9.78 Å². The molecule has 0 saturated carbocycles. The molecular formula is C20H18F2N2O5. The van der Waals surface area contributed by atoms with Crippen LogP contribution in [0.3, 0.4) is 0 Å². The summed E-state index contributed by atoms with van der Waals surface area (Å²) in [6.45, 7) is 1.63. The third-order valence-corrected chi connectivity index (χ3v) is 4.17. The van der Waals surface area contributed by atoms with E-state index in [1.165, 1.54) is 23.9 Å². The number of hydrogen-bond donors (Lipinski definition) is 1. The maximum Gasteiger partial charge on any atom is 0.512 e. The van der Waals surface area contributed by atoms with E-state index in [1.54, 1.807) is 25.1 Å². The molecule has 152 valence electrons. The Balaban J connectivity index is 1.86. The Morgan fingerprint density at radius 2 is 1.90 bits per heavy atom. The molecule has 0 saturated heterocycles. The maximum absolute atomic E-state index is 13.9. The predicted octanol–water partition coefficient (Wildman–Crippen LogP) is 4.16. The average molecular weight is 404 g/mol. The molecule has 0 unspecified atom stereocenters. The van der Waals surface area contributed by atoms with Gasteiger partial charge in [0.1, 0.15) is 29.7 Å². The number of hydrogen-bond acceptors (Lipinski definition) is 5. The van der Waals surface area contributed by atoms with Gasteiger partial charge in [-0.2, -0.15) is 0 Å². The molecule has 1 heterocycles. The fourth-order valence-electron chi connectivity index (χ4n) is 2.71. The van der Waals surface area contributed by atoms with E-state index in [2.05, 4.69) is 9.84 Å². The summed E-state index contributed by atoms with van der Waals surface area (Å²) in [6.07, 6.45) is -1.47. The van der Waals surface area contributed by atoms with E-state index >= 15 is 0 Å². The van der Waals surface area contributed by atoms with Crippen molar-refractivity contribution in [2.75, 3.05) is 7.11 Å². The molecule has 7 nitrogen and oxygen atoms in total. The molecule has 3 rings (SSSR count). The molecule has 0 aliphatic carbocycles. The number of aryl methyl sites for hydroxylation is 1. The quantitative estimate of drug-likeness (QED) is 0.596. The van der Waals surface area contributed by atoms with Crippen molar-refractivity contribution in [1.29, 1.82) is 0 Å². The number of aromatic nitrogens is 2. The monoisotopic (exact) mass is 404 g/mol. The SMILES string of the molecule is COc1ccc(OCc2c(F)cccc2F)c(Cn2nc(OC(=O)O)cc2C)c1. The van der Waals surface area contributed by atoms with Crippen LogP contribution in [0.1, 0.15) is 16.8 Å². The molecule has 0 bridgehead atoms. The average Bonchev–Trinajstić information content (AvgIpc) is 3.00.